The molecule has 1 N–H and O–H groups in total. The van der Waals surface area contributed by atoms with E-state index in [0.717, 1.165) is 28.2 Å². The minimum Gasteiger partial charge on any atom is -0.373 e. The van der Waals surface area contributed by atoms with Crippen LogP contribution in [0.1, 0.15) is 5.56 Å². The third-order valence-electron chi connectivity index (χ3n) is 2.85. The van der Waals surface area contributed by atoms with Crippen LogP contribution in [-0.2, 0) is 0 Å². The summed E-state index contributed by atoms with van der Waals surface area (Å²) in [6.07, 6.45) is 1.52. The van der Waals surface area contributed by atoms with Crippen LogP contribution < -0.4 is 5.32 Å². The van der Waals surface area contributed by atoms with Crippen LogP contribution in [0.3, 0.4) is 0 Å². The average Bonchev–Trinajstić information content (AvgIpc) is 2.83. The first-order valence-corrected chi connectivity index (χ1v) is 5.61. The predicted octanol–water partition coefficient (Wildman–Crippen LogP) is 1.56. The molecular formula is C12H12N6. The third-order valence-corrected chi connectivity index (χ3v) is 2.85. The largest absolute Gasteiger partial charge is 0.373 e. The Morgan fingerprint density at radius 1 is 1.17 bits per heavy atom. The van der Waals surface area contributed by atoms with Crippen LogP contribution in [0.15, 0.2) is 30.6 Å². The van der Waals surface area contributed by atoms with Gasteiger partial charge in [0, 0.05) is 12.6 Å². The molecule has 0 fully saturated rings. The van der Waals surface area contributed by atoms with Crippen molar-refractivity contribution in [3.05, 3.63) is 36.2 Å². The van der Waals surface area contributed by atoms with Crippen LogP contribution in [0.5, 0.6) is 0 Å². The van der Waals surface area contributed by atoms with E-state index in [1.807, 2.05) is 38.2 Å². The van der Waals surface area contributed by atoms with Crippen molar-refractivity contribution >= 4 is 16.9 Å². The number of fused-ring (bicyclic) bond motifs is 1. The van der Waals surface area contributed by atoms with E-state index in [4.69, 9.17) is 0 Å². The molecule has 0 aliphatic rings. The van der Waals surface area contributed by atoms with Crippen molar-refractivity contribution < 1.29 is 0 Å². The number of hydrogen-bond donors (Lipinski definition) is 1. The van der Waals surface area contributed by atoms with Gasteiger partial charge in [0.25, 0.3) is 0 Å². The summed E-state index contributed by atoms with van der Waals surface area (Å²) in [7, 11) is 1.83. The SMILES string of the molecule is CNc1ncnc(-n2nnc3ccccc32)c1C. The summed E-state index contributed by atoms with van der Waals surface area (Å²) in [5.74, 6) is 1.53. The van der Waals surface area contributed by atoms with Crippen LogP contribution in [0, 0.1) is 6.92 Å². The van der Waals surface area contributed by atoms with Crippen molar-refractivity contribution in [2.45, 2.75) is 6.92 Å². The average molecular weight is 240 g/mol. The Morgan fingerprint density at radius 3 is 2.83 bits per heavy atom. The fourth-order valence-electron chi connectivity index (χ4n) is 1.93. The van der Waals surface area contributed by atoms with Crippen molar-refractivity contribution in [1.82, 2.24) is 25.0 Å². The lowest BCUT2D eigenvalue weighted by Crippen LogP contribution is -2.06. The molecule has 0 bridgehead atoms. The van der Waals surface area contributed by atoms with E-state index < -0.39 is 0 Å². The zero-order chi connectivity index (χ0) is 12.5. The Morgan fingerprint density at radius 2 is 2.00 bits per heavy atom. The number of hydrogen-bond acceptors (Lipinski definition) is 5. The van der Waals surface area contributed by atoms with Crippen molar-refractivity contribution in [1.29, 1.82) is 0 Å². The fourth-order valence-corrected chi connectivity index (χ4v) is 1.93. The quantitative estimate of drug-likeness (QED) is 0.736. The summed E-state index contributed by atoms with van der Waals surface area (Å²) in [5.41, 5.74) is 2.72. The number of para-hydroxylation sites is 1. The molecule has 3 rings (SSSR count). The molecule has 2 aromatic heterocycles. The van der Waals surface area contributed by atoms with Gasteiger partial charge in [-0.2, -0.15) is 4.68 Å². The standard InChI is InChI=1S/C12H12N6/c1-8-11(13-2)14-7-15-12(8)18-10-6-4-3-5-9(10)16-17-18/h3-7H,1-2H3,(H,13,14,15). The van der Waals surface area contributed by atoms with Crippen molar-refractivity contribution in [2.75, 3.05) is 12.4 Å². The summed E-state index contributed by atoms with van der Waals surface area (Å²) in [4.78, 5) is 8.45. The summed E-state index contributed by atoms with van der Waals surface area (Å²) < 4.78 is 1.73. The topological polar surface area (TPSA) is 68.5 Å². The molecule has 0 amide bonds. The minimum atomic E-state index is 0.739. The fraction of sp³-hybridized carbons (Fsp3) is 0.167. The maximum Gasteiger partial charge on any atom is 0.164 e. The smallest absolute Gasteiger partial charge is 0.164 e. The van der Waals surface area contributed by atoms with Crippen molar-refractivity contribution in [2.24, 2.45) is 0 Å². The first kappa shape index (κ1) is 10.6. The Kier molecular flexibility index (Phi) is 2.40. The minimum absolute atomic E-state index is 0.739. The highest BCUT2D eigenvalue weighted by atomic mass is 15.4. The molecule has 0 aliphatic carbocycles. The number of benzene rings is 1. The highest BCUT2D eigenvalue weighted by Crippen LogP contribution is 2.20. The number of nitrogens with zero attached hydrogens (tertiary/aromatic N) is 5. The Hall–Kier alpha value is -2.50. The van der Waals surface area contributed by atoms with Gasteiger partial charge >= 0.3 is 0 Å². The second-order valence-corrected chi connectivity index (χ2v) is 3.91. The van der Waals surface area contributed by atoms with E-state index in [-0.39, 0.29) is 0 Å². The first-order valence-electron chi connectivity index (χ1n) is 5.61. The Bertz CT molecular complexity index is 703. The van der Waals surface area contributed by atoms with E-state index in [1.54, 1.807) is 4.68 Å². The summed E-state index contributed by atoms with van der Waals surface area (Å²) >= 11 is 0. The number of nitrogens with one attached hydrogen (secondary N) is 1. The van der Waals surface area contributed by atoms with Gasteiger partial charge in [0.05, 0.1) is 5.52 Å². The van der Waals surface area contributed by atoms with Crippen molar-refractivity contribution in [3.8, 4) is 5.82 Å². The third kappa shape index (κ3) is 1.50. The van der Waals surface area contributed by atoms with Gasteiger partial charge in [0.2, 0.25) is 0 Å². The van der Waals surface area contributed by atoms with Crippen LogP contribution in [0.25, 0.3) is 16.9 Å². The number of aromatic nitrogens is 5. The molecule has 0 spiro atoms. The molecule has 0 atom stereocenters. The van der Waals surface area contributed by atoms with Gasteiger partial charge in [-0.3, -0.25) is 0 Å². The molecule has 0 aliphatic heterocycles. The molecule has 0 saturated carbocycles. The van der Waals surface area contributed by atoms with Crippen LogP contribution in [-0.4, -0.2) is 32.0 Å². The van der Waals surface area contributed by atoms with Crippen LogP contribution in [0.2, 0.25) is 0 Å². The summed E-state index contributed by atoms with van der Waals surface area (Å²) in [6, 6.07) is 7.79. The van der Waals surface area contributed by atoms with Gasteiger partial charge in [-0.1, -0.05) is 17.3 Å². The molecule has 0 unspecified atom stereocenters. The molecular weight excluding hydrogens is 228 g/mol. The van der Waals surface area contributed by atoms with Gasteiger partial charge < -0.3 is 5.32 Å². The molecule has 0 saturated heterocycles. The molecule has 3 aromatic rings. The lowest BCUT2D eigenvalue weighted by Gasteiger charge is -2.08. The first-order chi connectivity index (χ1) is 8.81. The second-order valence-electron chi connectivity index (χ2n) is 3.91. The van der Waals surface area contributed by atoms with E-state index in [0.29, 0.717) is 0 Å². The van der Waals surface area contributed by atoms with E-state index >= 15 is 0 Å². The van der Waals surface area contributed by atoms with Gasteiger partial charge in [-0.25, -0.2) is 9.97 Å². The lowest BCUT2D eigenvalue weighted by molar-refractivity contribution is 0.790. The summed E-state index contributed by atoms with van der Waals surface area (Å²) in [6.45, 7) is 1.96. The Balaban J connectivity index is 2.26. The van der Waals surface area contributed by atoms with E-state index in [9.17, 15) is 0 Å². The van der Waals surface area contributed by atoms with Gasteiger partial charge in [0.1, 0.15) is 17.7 Å². The van der Waals surface area contributed by atoms with Gasteiger partial charge in [0.15, 0.2) is 5.82 Å². The van der Waals surface area contributed by atoms with E-state index in [1.165, 1.54) is 6.33 Å². The predicted molar refractivity (Wildman–Crippen MR) is 68.7 cm³/mol. The zero-order valence-corrected chi connectivity index (χ0v) is 10.1. The molecule has 0 radical (unpaired) electrons. The maximum absolute atomic E-state index is 4.29. The van der Waals surface area contributed by atoms with Crippen molar-refractivity contribution in [3.63, 3.8) is 0 Å². The number of anilines is 1. The normalized spacial score (nSPS) is 10.8. The molecule has 6 heteroatoms. The molecule has 18 heavy (non-hydrogen) atoms. The van der Waals surface area contributed by atoms with Crippen LogP contribution >= 0.6 is 0 Å². The van der Waals surface area contributed by atoms with Gasteiger partial charge in [-0.05, 0) is 19.1 Å². The molecule has 1 aromatic carbocycles. The monoisotopic (exact) mass is 240 g/mol. The summed E-state index contributed by atoms with van der Waals surface area (Å²) in [5, 5.41) is 11.3. The molecule has 90 valence electrons. The number of rotatable bonds is 2. The Labute approximate surface area is 104 Å². The highest BCUT2D eigenvalue weighted by molar-refractivity contribution is 5.76. The molecule has 2 heterocycles. The zero-order valence-electron chi connectivity index (χ0n) is 10.1. The maximum atomic E-state index is 4.29. The van der Waals surface area contributed by atoms with Gasteiger partial charge in [-0.15, -0.1) is 5.10 Å². The lowest BCUT2D eigenvalue weighted by atomic mass is 10.3. The second kappa shape index (κ2) is 4.06. The highest BCUT2D eigenvalue weighted by Gasteiger charge is 2.12. The molecule has 6 nitrogen and oxygen atoms in total. The van der Waals surface area contributed by atoms with E-state index in [2.05, 4.69) is 25.6 Å². The van der Waals surface area contributed by atoms with Crippen LogP contribution in [0.4, 0.5) is 5.82 Å².